The molecule has 0 aliphatic heterocycles. The Kier molecular flexibility index (Phi) is 6.64. The molecule has 2 aromatic rings. The Labute approximate surface area is 185 Å². The lowest BCUT2D eigenvalue weighted by atomic mass is 10.1. The lowest BCUT2D eigenvalue weighted by molar-refractivity contribution is -0.117. The number of nitrogen functional groups attached to an aromatic ring is 1. The number of nitrogens with zero attached hydrogens (tertiary/aromatic N) is 3. The molecule has 170 valence electrons. The molecule has 0 unspecified atom stereocenters. The number of pyridine rings is 1. The first-order valence-corrected chi connectivity index (χ1v) is 9.85. The third kappa shape index (κ3) is 4.98. The van der Waals surface area contributed by atoms with E-state index in [4.69, 9.17) is 22.0 Å². The van der Waals surface area contributed by atoms with Gasteiger partial charge in [0.1, 0.15) is 17.2 Å². The van der Waals surface area contributed by atoms with E-state index in [1.165, 1.54) is 21.2 Å². The summed E-state index contributed by atoms with van der Waals surface area (Å²) < 4.78 is 5.54. The van der Waals surface area contributed by atoms with Gasteiger partial charge in [0, 0.05) is 26.1 Å². The average Bonchev–Trinajstić information content (AvgIpc) is 3.58. The highest BCUT2D eigenvalue weighted by Gasteiger charge is 2.30. The van der Waals surface area contributed by atoms with Crippen molar-refractivity contribution in [2.45, 2.75) is 12.8 Å². The van der Waals surface area contributed by atoms with Gasteiger partial charge < -0.3 is 32.2 Å². The maximum absolute atomic E-state index is 12.5. The van der Waals surface area contributed by atoms with Crippen molar-refractivity contribution in [2.24, 2.45) is 22.6 Å². The van der Waals surface area contributed by atoms with Gasteiger partial charge >= 0.3 is 0 Å². The fourth-order valence-electron chi connectivity index (χ4n) is 3.09. The topological polar surface area (TPSA) is 186 Å². The van der Waals surface area contributed by atoms with Crippen LogP contribution in [0.2, 0.25) is 0 Å². The van der Waals surface area contributed by atoms with Crippen molar-refractivity contribution >= 4 is 40.7 Å². The molecular weight excluding hydrogens is 414 g/mol. The molecule has 12 nitrogen and oxygen atoms in total. The minimum Gasteiger partial charge on any atom is -0.494 e. The number of hydrazone groups is 1. The summed E-state index contributed by atoms with van der Waals surface area (Å²) in [6, 6.07) is 6.72. The van der Waals surface area contributed by atoms with Gasteiger partial charge in [-0.05, 0) is 25.0 Å². The van der Waals surface area contributed by atoms with E-state index in [1.54, 1.807) is 24.3 Å². The van der Waals surface area contributed by atoms with Gasteiger partial charge in [0.2, 0.25) is 5.91 Å². The van der Waals surface area contributed by atoms with E-state index in [0.29, 0.717) is 22.7 Å². The van der Waals surface area contributed by atoms with Crippen LogP contribution in [0.4, 0.5) is 23.0 Å². The van der Waals surface area contributed by atoms with Crippen LogP contribution in [0.15, 0.2) is 29.4 Å². The van der Waals surface area contributed by atoms with Crippen molar-refractivity contribution in [1.82, 2.24) is 15.4 Å². The minimum absolute atomic E-state index is 0.0206. The highest BCUT2D eigenvalue weighted by atomic mass is 16.5. The molecule has 1 aliphatic rings. The number of carbonyl (C=O) groups is 2. The molecule has 2 amide bonds. The second-order valence-corrected chi connectivity index (χ2v) is 7.23. The number of hydrazine groups is 1. The highest BCUT2D eigenvalue weighted by Crippen LogP contribution is 2.35. The second-order valence-electron chi connectivity index (χ2n) is 7.23. The number of nitrogens with two attached hydrogens (primary N) is 3. The Hall–Kier alpha value is -4.06. The maximum atomic E-state index is 12.5. The summed E-state index contributed by atoms with van der Waals surface area (Å²) in [5.74, 6) is 5.66. The number of amidine groups is 1. The van der Waals surface area contributed by atoms with Crippen LogP contribution in [0.25, 0.3) is 0 Å². The van der Waals surface area contributed by atoms with E-state index < -0.39 is 5.91 Å². The number of amides is 2. The average molecular weight is 441 g/mol. The lowest BCUT2D eigenvalue weighted by Crippen LogP contribution is -2.26. The number of aromatic nitrogens is 1. The van der Waals surface area contributed by atoms with E-state index in [1.807, 2.05) is 0 Å². The van der Waals surface area contributed by atoms with Gasteiger partial charge in [-0.15, -0.1) is 5.10 Å². The summed E-state index contributed by atoms with van der Waals surface area (Å²) in [5.41, 5.74) is 13.5. The summed E-state index contributed by atoms with van der Waals surface area (Å²) in [4.78, 5) is 28.9. The van der Waals surface area contributed by atoms with Crippen molar-refractivity contribution in [3.8, 4) is 5.75 Å². The van der Waals surface area contributed by atoms with Crippen molar-refractivity contribution in [3.63, 3.8) is 0 Å². The van der Waals surface area contributed by atoms with E-state index >= 15 is 0 Å². The van der Waals surface area contributed by atoms with Gasteiger partial charge in [0.05, 0.1) is 24.0 Å². The van der Waals surface area contributed by atoms with Gasteiger partial charge in [-0.2, -0.15) is 0 Å². The first kappa shape index (κ1) is 22.6. The monoisotopic (exact) mass is 441 g/mol. The first-order valence-electron chi connectivity index (χ1n) is 9.85. The number of ether oxygens (including phenoxy) is 1. The van der Waals surface area contributed by atoms with Crippen LogP contribution >= 0.6 is 0 Å². The lowest BCUT2D eigenvalue weighted by Gasteiger charge is -2.18. The predicted molar refractivity (Wildman–Crippen MR) is 122 cm³/mol. The molecule has 3 rings (SSSR count). The van der Waals surface area contributed by atoms with Crippen molar-refractivity contribution in [3.05, 3.63) is 35.4 Å². The zero-order valence-electron chi connectivity index (χ0n) is 18.1. The summed E-state index contributed by atoms with van der Waals surface area (Å²) in [6.45, 7) is 0. The van der Waals surface area contributed by atoms with E-state index in [9.17, 15) is 9.59 Å². The van der Waals surface area contributed by atoms with Gasteiger partial charge in [-0.3, -0.25) is 9.59 Å². The van der Waals surface area contributed by atoms with Crippen LogP contribution in [0.5, 0.6) is 5.75 Å². The number of rotatable bonds is 8. The molecule has 0 saturated heterocycles. The molecule has 1 fully saturated rings. The van der Waals surface area contributed by atoms with Crippen LogP contribution in [0.3, 0.4) is 0 Å². The Morgan fingerprint density at radius 2 is 2.00 bits per heavy atom. The number of hydrogen-bond acceptors (Lipinski definition) is 9. The molecule has 9 N–H and O–H groups in total. The molecule has 12 heteroatoms. The Balaban J connectivity index is 2.05. The largest absolute Gasteiger partial charge is 0.494 e. The van der Waals surface area contributed by atoms with E-state index in [-0.39, 0.29) is 34.9 Å². The van der Waals surface area contributed by atoms with Crippen molar-refractivity contribution in [1.29, 1.82) is 0 Å². The van der Waals surface area contributed by atoms with Gasteiger partial charge in [0.15, 0.2) is 11.6 Å². The summed E-state index contributed by atoms with van der Waals surface area (Å²) in [7, 11) is 4.50. The van der Waals surface area contributed by atoms with E-state index in [0.717, 1.165) is 18.0 Å². The molecule has 1 aromatic heterocycles. The van der Waals surface area contributed by atoms with Crippen LogP contribution in [-0.2, 0) is 4.79 Å². The number of nitrogens with one attached hydrogen (secondary N) is 3. The predicted octanol–water partition coefficient (Wildman–Crippen LogP) is 0.550. The number of methoxy groups -OCH3 is 1. The van der Waals surface area contributed by atoms with Crippen LogP contribution in [0.1, 0.15) is 28.8 Å². The zero-order chi connectivity index (χ0) is 23.4. The summed E-state index contributed by atoms with van der Waals surface area (Å²) >= 11 is 0. The molecule has 1 aliphatic carbocycles. The highest BCUT2D eigenvalue weighted by molar-refractivity contribution is 6.06. The molecule has 32 heavy (non-hydrogen) atoms. The number of carbonyl (C=O) groups excluding carboxylic acids is 2. The number of hydrogen-bond donors (Lipinski definition) is 6. The minimum atomic E-state index is -0.446. The van der Waals surface area contributed by atoms with Crippen LogP contribution < -0.4 is 38.0 Å². The Morgan fingerprint density at radius 3 is 2.59 bits per heavy atom. The van der Waals surface area contributed by atoms with Crippen LogP contribution in [0, 0.1) is 5.92 Å². The third-order valence-electron chi connectivity index (χ3n) is 4.73. The van der Waals surface area contributed by atoms with Gasteiger partial charge in [0.25, 0.3) is 5.91 Å². The normalized spacial score (nSPS) is 13.3. The molecule has 0 radical (unpaired) electrons. The van der Waals surface area contributed by atoms with Crippen molar-refractivity contribution in [2.75, 3.05) is 37.6 Å². The maximum Gasteiger partial charge on any atom is 0.256 e. The fourth-order valence-corrected chi connectivity index (χ4v) is 3.09. The fraction of sp³-hybridized carbons (Fsp3) is 0.300. The Morgan fingerprint density at radius 1 is 1.28 bits per heavy atom. The molecular formula is C20H27N9O3. The summed E-state index contributed by atoms with van der Waals surface area (Å²) in [6.07, 6.45) is 1.68. The molecule has 0 atom stereocenters. The quantitative estimate of drug-likeness (QED) is 0.147. The molecule has 0 spiro atoms. The first-order chi connectivity index (χ1) is 15.2. The molecule has 1 saturated carbocycles. The third-order valence-corrected chi connectivity index (χ3v) is 4.73. The van der Waals surface area contributed by atoms with Gasteiger partial charge in [-0.1, -0.05) is 6.07 Å². The molecule has 1 aromatic carbocycles. The van der Waals surface area contributed by atoms with Crippen molar-refractivity contribution < 1.29 is 14.3 Å². The molecule has 1 heterocycles. The van der Waals surface area contributed by atoms with Gasteiger partial charge in [-0.25, -0.2) is 15.9 Å². The van der Waals surface area contributed by atoms with E-state index in [2.05, 4.69) is 26.0 Å². The molecule has 0 bridgehead atoms. The smallest absolute Gasteiger partial charge is 0.256 e. The van der Waals surface area contributed by atoms with Crippen LogP contribution in [-0.4, -0.2) is 49.0 Å². The Bertz CT molecular complexity index is 1060. The number of benzene rings is 1. The SMILES string of the molecule is CNC(=O)c1c(Nc2cccc(/C(N)=N/N(C)N)c2OC)cc(NC(=O)C2CC2)nc1N. The zero-order valence-corrected chi connectivity index (χ0v) is 18.1. The number of para-hydroxylation sites is 1. The second kappa shape index (κ2) is 9.39. The standard InChI is InChI=1S/C20H27N9O3/c1-24-20(31)15-13(9-14(26-18(15)22)27-19(30)10-7-8-10)25-12-6-4-5-11(16(12)32-3)17(21)28-29(2)23/h4-6,9-10H,7-8,23H2,1-3H3,(H2,21,28)(H,24,31)(H4,22,25,26,27,30). The number of anilines is 4. The summed E-state index contributed by atoms with van der Waals surface area (Å²) in [5, 5.41) is 13.5.